The maximum absolute atomic E-state index is 12.9. The fraction of sp³-hybridized carbons (Fsp3) is 0.400. The number of amides is 1. The third-order valence-corrected chi connectivity index (χ3v) is 7.07. The molecule has 0 radical (unpaired) electrons. The van der Waals surface area contributed by atoms with Crippen LogP contribution < -0.4 is 0 Å². The van der Waals surface area contributed by atoms with Crippen molar-refractivity contribution in [2.24, 2.45) is 0 Å². The number of benzene rings is 1. The summed E-state index contributed by atoms with van der Waals surface area (Å²) in [7, 11) is -3.54. The van der Waals surface area contributed by atoms with Crippen LogP contribution in [0.3, 0.4) is 0 Å². The van der Waals surface area contributed by atoms with Gasteiger partial charge in [0.15, 0.2) is 0 Å². The lowest BCUT2D eigenvalue weighted by atomic mass is 9.99. The number of sulfonamides is 1. The predicted molar refractivity (Wildman–Crippen MR) is 104 cm³/mol. The largest absolute Gasteiger partial charge is 0.336 e. The molecular formula is C20H25N3O3S. The molecule has 6 nitrogen and oxygen atoms in total. The molecule has 1 fully saturated rings. The highest BCUT2D eigenvalue weighted by atomic mass is 32.2. The Morgan fingerprint density at radius 3 is 2.19 bits per heavy atom. The van der Waals surface area contributed by atoms with Gasteiger partial charge in [-0.25, -0.2) is 8.42 Å². The van der Waals surface area contributed by atoms with E-state index in [4.69, 9.17) is 0 Å². The van der Waals surface area contributed by atoms with E-state index in [0.717, 1.165) is 12.0 Å². The third-order valence-electron chi connectivity index (χ3n) is 5.15. The van der Waals surface area contributed by atoms with Crippen molar-refractivity contribution < 1.29 is 13.2 Å². The van der Waals surface area contributed by atoms with Gasteiger partial charge in [0, 0.05) is 44.1 Å². The van der Waals surface area contributed by atoms with E-state index in [1.807, 2.05) is 12.1 Å². The average molecular weight is 388 g/mol. The number of nitrogens with zero attached hydrogens (tertiary/aromatic N) is 3. The molecule has 1 saturated heterocycles. The lowest BCUT2D eigenvalue weighted by molar-refractivity contribution is 0.0698. The maximum Gasteiger partial charge on any atom is 0.254 e. The number of hydrogen-bond donors (Lipinski definition) is 0. The molecule has 0 unspecified atom stereocenters. The van der Waals surface area contributed by atoms with Gasteiger partial charge in [-0.1, -0.05) is 26.0 Å². The van der Waals surface area contributed by atoms with E-state index in [1.54, 1.807) is 41.6 Å². The first-order valence-corrected chi connectivity index (χ1v) is 10.7. The zero-order valence-corrected chi connectivity index (χ0v) is 16.5. The molecule has 3 rings (SSSR count). The van der Waals surface area contributed by atoms with E-state index in [0.29, 0.717) is 42.6 Å². The van der Waals surface area contributed by atoms with E-state index in [2.05, 4.69) is 18.8 Å². The molecule has 2 aromatic rings. The Balaban J connectivity index is 1.67. The fourth-order valence-corrected chi connectivity index (χ4v) is 4.58. The summed E-state index contributed by atoms with van der Waals surface area (Å²) in [4.78, 5) is 18.4. The number of carbonyl (C=O) groups excluding carboxylic acids is 1. The quantitative estimate of drug-likeness (QED) is 0.791. The number of rotatable bonds is 5. The summed E-state index contributed by atoms with van der Waals surface area (Å²) in [6.07, 6.45) is 4.17. The fourth-order valence-electron chi connectivity index (χ4n) is 3.16. The minimum Gasteiger partial charge on any atom is -0.336 e. The van der Waals surface area contributed by atoms with Crippen molar-refractivity contribution in [1.29, 1.82) is 0 Å². The molecule has 0 saturated carbocycles. The van der Waals surface area contributed by atoms with Crippen molar-refractivity contribution in [3.8, 4) is 0 Å². The van der Waals surface area contributed by atoms with Gasteiger partial charge in [0.1, 0.15) is 0 Å². The van der Waals surface area contributed by atoms with Gasteiger partial charge in [-0.2, -0.15) is 4.31 Å². The van der Waals surface area contributed by atoms with Crippen LogP contribution in [0.1, 0.15) is 42.1 Å². The van der Waals surface area contributed by atoms with Gasteiger partial charge >= 0.3 is 0 Å². The molecule has 0 aliphatic carbocycles. The van der Waals surface area contributed by atoms with Crippen LogP contribution in [0, 0.1) is 0 Å². The van der Waals surface area contributed by atoms with Crippen molar-refractivity contribution in [2.75, 3.05) is 26.2 Å². The van der Waals surface area contributed by atoms with Crippen LogP contribution >= 0.6 is 0 Å². The molecule has 0 bridgehead atoms. The summed E-state index contributed by atoms with van der Waals surface area (Å²) >= 11 is 0. The number of piperazine rings is 1. The summed E-state index contributed by atoms with van der Waals surface area (Å²) in [5.41, 5.74) is 1.71. The summed E-state index contributed by atoms with van der Waals surface area (Å²) in [5, 5.41) is 0. The first-order chi connectivity index (χ1) is 12.9. The van der Waals surface area contributed by atoms with Crippen molar-refractivity contribution in [3.63, 3.8) is 0 Å². The lowest BCUT2D eigenvalue weighted by Gasteiger charge is -2.34. The molecule has 27 heavy (non-hydrogen) atoms. The first kappa shape index (κ1) is 19.5. The Hall–Kier alpha value is -2.25. The molecule has 7 heteroatoms. The molecule has 0 spiro atoms. The molecule has 2 heterocycles. The van der Waals surface area contributed by atoms with E-state index < -0.39 is 10.0 Å². The number of aromatic nitrogens is 1. The topological polar surface area (TPSA) is 70.6 Å². The molecular weight excluding hydrogens is 362 g/mol. The van der Waals surface area contributed by atoms with Crippen molar-refractivity contribution in [2.45, 2.75) is 31.1 Å². The minimum absolute atomic E-state index is 0.0904. The Kier molecular flexibility index (Phi) is 5.92. The molecule has 1 aromatic carbocycles. The van der Waals surface area contributed by atoms with Crippen molar-refractivity contribution >= 4 is 15.9 Å². The second-order valence-electron chi connectivity index (χ2n) is 6.81. The Morgan fingerprint density at radius 2 is 1.63 bits per heavy atom. The van der Waals surface area contributed by atoms with Crippen LogP contribution in [0.5, 0.6) is 0 Å². The Bertz CT molecular complexity index is 874. The zero-order chi connectivity index (χ0) is 19.4. The molecule has 144 valence electrons. The first-order valence-electron chi connectivity index (χ1n) is 9.23. The number of carbonyl (C=O) groups is 1. The zero-order valence-electron chi connectivity index (χ0n) is 15.7. The van der Waals surface area contributed by atoms with Crippen LogP contribution in [0.15, 0.2) is 53.7 Å². The molecule has 1 aliphatic rings. The smallest absolute Gasteiger partial charge is 0.254 e. The summed E-state index contributed by atoms with van der Waals surface area (Å²) in [5.74, 6) is 0.317. The minimum atomic E-state index is -3.54. The lowest BCUT2D eigenvalue weighted by Crippen LogP contribution is -2.50. The highest BCUT2D eigenvalue weighted by Crippen LogP contribution is 2.23. The summed E-state index contributed by atoms with van der Waals surface area (Å²) < 4.78 is 27.3. The summed E-state index contributed by atoms with van der Waals surface area (Å²) in [6.45, 7) is 5.60. The van der Waals surface area contributed by atoms with Crippen LogP contribution in [0.2, 0.25) is 0 Å². The standard InChI is InChI=1S/C20H25N3O3S/c1-3-16(2)17-4-6-19(7-5-17)27(25,26)23-14-12-22(13-15-23)20(24)18-8-10-21-11-9-18/h4-11,16H,3,12-15H2,1-2H3/t16-/m0/s1. The van der Waals surface area contributed by atoms with Crippen LogP contribution in [-0.4, -0.2) is 54.7 Å². The Labute approximate surface area is 160 Å². The number of pyridine rings is 1. The highest BCUT2D eigenvalue weighted by Gasteiger charge is 2.30. The maximum atomic E-state index is 12.9. The SMILES string of the molecule is CC[C@H](C)c1ccc(S(=O)(=O)N2CCN(C(=O)c3ccncc3)CC2)cc1. The Morgan fingerprint density at radius 1 is 1.04 bits per heavy atom. The monoisotopic (exact) mass is 387 g/mol. The normalized spacial score (nSPS) is 16.9. The number of hydrogen-bond acceptors (Lipinski definition) is 4. The van der Waals surface area contributed by atoms with Gasteiger partial charge in [0.25, 0.3) is 5.91 Å². The van der Waals surface area contributed by atoms with Gasteiger partial charge < -0.3 is 4.90 Å². The molecule has 0 N–H and O–H groups in total. The van der Waals surface area contributed by atoms with Crippen molar-refractivity contribution in [3.05, 3.63) is 59.9 Å². The third kappa shape index (κ3) is 4.20. The van der Waals surface area contributed by atoms with Crippen LogP contribution in [0.25, 0.3) is 0 Å². The predicted octanol–water partition coefficient (Wildman–Crippen LogP) is 2.74. The van der Waals surface area contributed by atoms with E-state index in [9.17, 15) is 13.2 Å². The van der Waals surface area contributed by atoms with Crippen LogP contribution in [-0.2, 0) is 10.0 Å². The molecule has 1 aromatic heterocycles. The van der Waals surface area contributed by atoms with Gasteiger partial charge in [-0.3, -0.25) is 9.78 Å². The van der Waals surface area contributed by atoms with Gasteiger partial charge in [0.2, 0.25) is 10.0 Å². The summed E-state index contributed by atoms with van der Waals surface area (Å²) in [6, 6.07) is 10.5. The van der Waals surface area contributed by atoms with Gasteiger partial charge in [-0.05, 0) is 42.2 Å². The highest BCUT2D eigenvalue weighted by molar-refractivity contribution is 7.89. The average Bonchev–Trinajstić information content (AvgIpc) is 2.73. The molecule has 1 atom stereocenters. The molecule has 1 amide bonds. The second kappa shape index (κ2) is 8.19. The van der Waals surface area contributed by atoms with E-state index in [1.165, 1.54) is 4.31 Å². The van der Waals surface area contributed by atoms with E-state index in [-0.39, 0.29) is 5.91 Å². The van der Waals surface area contributed by atoms with Gasteiger partial charge in [0.05, 0.1) is 4.90 Å². The van der Waals surface area contributed by atoms with Crippen LogP contribution in [0.4, 0.5) is 0 Å². The second-order valence-corrected chi connectivity index (χ2v) is 8.75. The van der Waals surface area contributed by atoms with Gasteiger partial charge in [-0.15, -0.1) is 0 Å². The molecule has 1 aliphatic heterocycles. The van der Waals surface area contributed by atoms with Crippen molar-refractivity contribution in [1.82, 2.24) is 14.2 Å². The van der Waals surface area contributed by atoms with E-state index >= 15 is 0 Å².